The van der Waals surface area contributed by atoms with Gasteiger partial charge in [-0.2, -0.15) is 0 Å². The Hall–Kier alpha value is -2.49. The van der Waals surface area contributed by atoms with Crippen molar-refractivity contribution in [3.05, 3.63) is 59.2 Å². The molecule has 28 heavy (non-hydrogen) atoms. The first-order valence-electron chi connectivity index (χ1n) is 10.0. The lowest BCUT2D eigenvalue weighted by Gasteiger charge is -2.25. The number of benzene rings is 2. The molecule has 152 valence electrons. The number of hydrogen-bond donors (Lipinski definition) is 1. The van der Waals surface area contributed by atoms with Crippen molar-refractivity contribution < 1.29 is 14.3 Å². The minimum absolute atomic E-state index is 0.0594. The summed E-state index contributed by atoms with van der Waals surface area (Å²) in [5.41, 5.74) is 3.44. The largest absolute Gasteiger partial charge is 0.497 e. The molecule has 0 saturated heterocycles. The molecule has 1 amide bonds. The first kappa shape index (κ1) is 21.8. The van der Waals surface area contributed by atoms with Crippen molar-refractivity contribution in [3.8, 4) is 11.5 Å². The second kappa shape index (κ2) is 10.2. The average Bonchev–Trinajstić information content (AvgIpc) is 2.67. The van der Waals surface area contributed by atoms with Crippen molar-refractivity contribution in [2.45, 2.75) is 59.6 Å². The Kier molecular flexibility index (Phi) is 7.91. The lowest BCUT2D eigenvalue weighted by molar-refractivity contribution is -0.129. The zero-order valence-corrected chi connectivity index (χ0v) is 17.9. The number of carbonyl (C=O) groups is 1. The fraction of sp³-hybridized carbons (Fsp3) is 0.458. The molecule has 0 fully saturated rings. The van der Waals surface area contributed by atoms with Crippen molar-refractivity contribution in [2.75, 3.05) is 7.11 Å². The first-order valence-corrected chi connectivity index (χ1v) is 10.0. The second-order valence-electron chi connectivity index (χ2n) is 7.72. The molecule has 0 bridgehead atoms. The summed E-state index contributed by atoms with van der Waals surface area (Å²) >= 11 is 0. The molecule has 2 aromatic carbocycles. The quantitative estimate of drug-likeness (QED) is 0.633. The van der Waals surface area contributed by atoms with Crippen molar-refractivity contribution >= 4 is 5.91 Å². The van der Waals surface area contributed by atoms with E-state index in [1.165, 1.54) is 5.56 Å². The van der Waals surface area contributed by atoms with Crippen LogP contribution in [0.1, 0.15) is 56.3 Å². The predicted octanol–water partition coefficient (Wildman–Crippen LogP) is 5.37. The molecule has 0 spiro atoms. The Bertz CT molecular complexity index is 768. The van der Waals surface area contributed by atoms with Crippen LogP contribution in [-0.4, -0.2) is 19.1 Å². The Labute approximate surface area is 169 Å². The highest BCUT2D eigenvalue weighted by Gasteiger charge is 2.23. The Morgan fingerprint density at radius 1 is 1.00 bits per heavy atom. The number of hydrogen-bond acceptors (Lipinski definition) is 3. The van der Waals surface area contributed by atoms with Crippen LogP contribution in [-0.2, 0) is 4.79 Å². The molecule has 4 heteroatoms. The summed E-state index contributed by atoms with van der Waals surface area (Å²) in [5, 5.41) is 3.19. The molecule has 4 nitrogen and oxygen atoms in total. The number of carbonyl (C=O) groups excluding carboxylic acids is 1. The fourth-order valence-corrected chi connectivity index (χ4v) is 3.12. The summed E-state index contributed by atoms with van der Waals surface area (Å²) < 4.78 is 11.3. The number of nitrogens with one attached hydrogen (secondary N) is 1. The van der Waals surface area contributed by atoms with Gasteiger partial charge in [-0.15, -0.1) is 0 Å². The minimum Gasteiger partial charge on any atom is -0.497 e. The van der Waals surface area contributed by atoms with Crippen LogP contribution in [0.5, 0.6) is 11.5 Å². The molecule has 0 aliphatic carbocycles. The summed E-state index contributed by atoms with van der Waals surface area (Å²) in [6, 6.07) is 13.8. The average molecular weight is 384 g/mol. The topological polar surface area (TPSA) is 47.6 Å². The molecule has 1 N–H and O–H groups in total. The van der Waals surface area contributed by atoms with E-state index >= 15 is 0 Å². The number of amides is 1. The van der Waals surface area contributed by atoms with Gasteiger partial charge in [-0.1, -0.05) is 39.0 Å². The summed E-state index contributed by atoms with van der Waals surface area (Å²) in [6.07, 6.45) is 0.948. The SMILES string of the molecule is CC[C@H](Oc1ccc(C)c(C)c1)C(=O)N[C@H](CC(C)C)c1ccc(OC)cc1. The van der Waals surface area contributed by atoms with E-state index in [4.69, 9.17) is 9.47 Å². The molecule has 0 aliphatic rings. The number of rotatable bonds is 9. The summed E-state index contributed by atoms with van der Waals surface area (Å²) in [4.78, 5) is 13.0. The third-order valence-corrected chi connectivity index (χ3v) is 4.96. The summed E-state index contributed by atoms with van der Waals surface area (Å²) in [5.74, 6) is 1.91. The molecule has 0 radical (unpaired) electrons. The van der Waals surface area contributed by atoms with E-state index in [1.807, 2.05) is 56.3 Å². The molecular formula is C24H33NO3. The van der Waals surface area contributed by atoms with Gasteiger partial charge in [0.1, 0.15) is 11.5 Å². The first-order chi connectivity index (χ1) is 13.3. The van der Waals surface area contributed by atoms with Crippen LogP contribution in [0.2, 0.25) is 0 Å². The number of methoxy groups -OCH3 is 1. The normalized spacial score (nSPS) is 13.1. The van der Waals surface area contributed by atoms with Crippen LogP contribution >= 0.6 is 0 Å². The van der Waals surface area contributed by atoms with Crippen LogP contribution in [0.3, 0.4) is 0 Å². The maximum Gasteiger partial charge on any atom is 0.261 e. The Morgan fingerprint density at radius 2 is 1.64 bits per heavy atom. The van der Waals surface area contributed by atoms with E-state index in [1.54, 1.807) is 7.11 Å². The van der Waals surface area contributed by atoms with E-state index < -0.39 is 6.10 Å². The predicted molar refractivity (Wildman–Crippen MR) is 114 cm³/mol. The van der Waals surface area contributed by atoms with Crippen LogP contribution in [0, 0.1) is 19.8 Å². The van der Waals surface area contributed by atoms with Crippen LogP contribution in [0.15, 0.2) is 42.5 Å². The lowest BCUT2D eigenvalue weighted by atomic mass is 9.96. The summed E-state index contributed by atoms with van der Waals surface area (Å²) in [7, 11) is 1.65. The molecule has 0 aromatic heterocycles. The third-order valence-electron chi connectivity index (χ3n) is 4.96. The van der Waals surface area contributed by atoms with E-state index in [0.29, 0.717) is 12.3 Å². The van der Waals surface area contributed by atoms with Crippen molar-refractivity contribution in [2.24, 2.45) is 5.92 Å². The van der Waals surface area contributed by atoms with Crippen LogP contribution < -0.4 is 14.8 Å². The molecule has 2 rings (SSSR count). The highest BCUT2D eigenvalue weighted by atomic mass is 16.5. The van der Waals surface area contributed by atoms with Crippen molar-refractivity contribution in [1.29, 1.82) is 0 Å². The molecule has 0 saturated carbocycles. The van der Waals surface area contributed by atoms with Gasteiger partial charge < -0.3 is 14.8 Å². The smallest absolute Gasteiger partial charge is 0.261 e. The molecular weight excluding hydrogens is 350 g/mol. The second-order valence-corrected chi connectivity index (χ2v) is 7.72. The Morgan fingerprint density at radius 3 is 2.18 bits per heavy atom. The van der Waals surface area contributed by atoms with Gasteiger partial charge >= 0.3 is 0 Å². The van der Waals surface area contributed by atoms with Crippen LogP contribution in [0.4, 0.5) is 0 Å². The van der Waals surface area contributed by atoms with Gasteiger partial charge in [0, 0.05) is 0 Å². The molecule has 0 heterocycles. The van der Waals surface area contributed by atoms with Crippen molar-refractivity contribution in [1.82, 2.24) is 5.32 Å². The van der Waals surface area contributed by atoms with Gasteiger partial charge in [-0.3, -0.25) is 4.79 Å². The van der Waals surface area contributed by atoms with E-state index in [9.17, 15) is 4.79 Å². The molecule has 0 aliphatic heterocycles. The number of ether oxygens (including phenoxy) is 2. The minimum atomic E-state index is -0.519. The highest BCUT2D eigenvalue weighted by Crippen LogP contribution is 2.25. The third kappa shape index (κ3) is 6.01. The maximum absolute atomic E-state index is 13.0. The monoisotopic (exact) mass is 383 g/mol. The van der Waals surface area contributed by atoms with Gasteiger partial charge in [0.15, 0.2) is 6.10 Å². The van der Waals surface area contributed by atoms with E-state index in [2.05, 4.69) is 26.1 Å². The Balaban J connectivity index is 2.13. The van der Waals surface area contributed by atoms with Gasteiger partial charge in [0.05, 0.1) is 13.2 Å². The molecule has 2 aromatic rings. The molecule has 0 unspecified atom stereocenters. The van der Waals surface area contributed by atoms with Gasteiger partial charge in [0.25, 0.3) is 5.91 Å². The number of aryl methyl sites for hydroxylation is 2. The molecule has 2 atom stereocenters. The van der Waals surface area contributed by atoms with Gasteiger partial charge in [-0.25, -0.2) is 0 Å². The van der Waals surface area contributed by atoms with Crippen LogP contribution in [0.25, 0.3) is 0 Å². The van der Waals surface area contributed by atoms with E-state index in [-0.39, 0.29) is 11.9 Å². The highest BCUT2D eigenvalue weighted by molar-refractivity contribution is 5.81. The summed E-state index contributed by atoms with van der Waals surface area (Å²) in [6.45, 7) is 10.4. The van der Waals surface area contributed by atoms with E-state index in [0.717, 1.165) is 29.0 Å². The zero-order chi connectivity index (χ0) is 20.7. The van der Waals surface area contributed by atoms with Gasteiger partial charge in [0.2, 0.25) is 0 Å². The zero-order valence-electron chi connectivity index (χ0n) is 17.9. The lowest BCUT2D eigenvalue weighted by Crippen LogP contribution is -2.40. The standard InChI is InChI=1S/C24H33NO3/c1-7-23(28-21-11-8-17(4)18(5)15-21)24(26)25-22(14-16(2)3)19-9-12-20(27-6)13-10-19/h8-13,15-16,22-23H,7,14H2,1-6H3,(H,25,26)/t22-,23+/m1/s1. The van der Waals surface area contributed by atoms with Gasteiger partial charge in [-0.05, 0) is 73.6 Å². The maximum atomic E-state index is 13.0. The fourth-order valence-electron chi connectivity index (χ4n) is 3.12. The van der Waals surface area contributed by atoms with Crippen molar-refractivity contribution in [3.63, 3.8) is 0 Å².